The summed E-state index contributed by atoms with van der Waals surface area (Å²) in [6.07, 6.45) is 8.15. The van der Waals surface area contributed by atoms with E-state index in [1.165, 1.54) is 11.3 Å². The molecule has 31 heavy (non-hydrogen) atoms. The lowest BCUT2D eigenvalue weighted by atomic mass is 9.79. The molecule has 0 aromatic heterocycles. The number of nitriles is 1. The van der Waals surface area contributed by atoms with Gasteiger partial charge in [-0.1, -0.05) is 43.6 Å². The molecule has 0 atom stereocenters. The van der Waals surface area contributed by atoms with E-state index < -0.39 is 0 Å². The molecule has 4 heteroatoms. The quantitative estimate of drug-likeness (QED) is 0.403. The lowest BCUT2D eigenvalue weighted by Gasteiger charge is -2.25. The zero-order chi connectivity index (χ0) is 22.3. The highest BCUT2D eigenvalue weighted by Crippen LogP contribution is 2.33. The van der Waals surface area contributed by atoms with Gasteiger partial charge in [0.05, 0.1) is 17.3 Å². The first-order valence-electron chi connectivity index (χ1n) is 11.3. The lowest BCUT2D eigenvalue weighted by Crippen LogP contribution is -2.22. The highest BCUT2D eigenvalue weighted by Gasteiger charge is 2.26. The fourth-order valence-electron chi connectivity index (χ4n) is 4.35. The Labute approximate surface area is 191 Å². The maximum Gasteiger partial charge on any atom is 0.133 e. The van der Waals surface area contributed by atoms with E-state index in [4.69, 9.17) is 21.9 Å². The molecular formula is C27H31ClN2O. The van der Waals surface area contributed by atoms with E-state index in [1.54, 1.807) is 0 Å². The molecule has 2 aromatic carbocycles. The summed E-state index contributed by atoms with van der Waals surface area (Å²) in [4.78, 5) is 17.5. The van der Waals surface area contributed by atoms with Crippen molar-refractivity contribution in [1.82, 2.24) is 0 Å². The Kier molecular flexibility index (Phi) is 8.04. The van der Waals surface area contributed by atoms with Crippen molar-refractivity contribution in [1.29, 1.82) is 5.26 Å². The number of aryl methyl sites for hydroxylation is 1. The summed E-state index contributed by atoms with van der Waals surface area (Å²) in [7, 11) is 0. The molecule has 0 unspecified atom stereocenters. The number of benzene rings is 2. The minimum absolute atomic E-state index is 0.259. The smallest absolute Gasteiger partial charge is 0.133 e. The van der Waals surface area contributed by atoms with Gasteiger partial charge in [0.2, 0.25) is 0 Å². The van der Waals surface area contributed by atoms with Crippen LogP contribution in [0.5, 0.6) is 0 Å². The Morgan fingerprint density at radius 2 is 1.90 bits per heavy atom. The van der Waals surface area contributed by atoms with Crippen molar-refractivity contribution < 1.29 is 4.79 Å². The van der Waals surface area contributed by atoms with Crippen LogP contribution in [0, 0.1) is 11.3 Å². The fourth-order valence-corrected chi connectivity index (χ4v) is 4.75. The van der Waals surface area contributed by atoms with E-state index in [0.29, 0.717) is 24.2 Å². The number of halogens is 1. The van der Waals surface area contributed by atoms with Crippen molar-refractivity contribution >= 4 is 28.8 Å². The van der Waals surface area contributed by atoms with Gasteiger partial charge in [0.15, 0.2) is 0 Å². The van der Waals surface area contributed by atoms with Crippen LogP contribution in [-0.4, -0.2) is 11.5 Å². The third-order valence-electron chi connectivity index (χ3n) is 6.06. The Morgan fingerprint density at radius 1 is 1.13 bits per heavy atom. The predicted molar refractivity (Wildman–Crippen MR) is 128 cm³/mol. The number of Topliss-reactive ketones (excluding diaryl/α,β-unsaturated/α-hetero) is 1. The van der Waals surface area contributed by atoms with E-state index in [0.717, 1.165) is 61.2 Å². The lowest BCUT2D eigenvalue weighted by molar-refractivity contribution is -0.120. The van der Waals surface area contributed by atoms with Gasteiger partial charge >= 0.3 is 0 Å². The number of rotatable bonds is 8. The highest BCUT2D eigenvalue weighted by molar-refractivity contribution is 6.31. The van der Waals surface area contributed by atoms with Crippen LogP contribution >= 0.6 is 11.6 Å². The zero-order valence-corrected chi connectivity index (χ0v) is 19.3. The third kappa shape index (κ3) is 6.52. The first-order valence-corrected chi connectivity index (χ1v) is 11.6. The number of hydrogen-bond donors (Lipinski definition) is 0. The largest absolute Gasteiger partial charge is 0.300 e. The molecule has 0 spiro atoms. The Morgan fingerprint density at radius 3 is 2.68 bits per heavy atom. The second-order valence-electron chi connectivity index (χ2n) is 9.13. The van der Waals surface area contributed by atoms with Crippen LogP contribution in [0.15, 0.2) is 47.5 Å². The van der Waals surface area contributed by atoms with Gasteiger partial charge in [-0.25, -0.2) is 0 Å². The fraction of sp³-hybridized carbons (Fsp3) is 0.444. The summed E-state index contributed by atoms with van der Waals surface area (Å²) in [6.45, 7) is 4.18. The molecule has 0 saturated heterocycles. The van der Waals surface area contributed by atoms with E-state index in [1.807, 2.05) is 42.5 Å². The maximum atomic E-state index is 12.6. The number of unbranched alkanes of at least 4 members (excludes halogenated alkanes) is 1. The average molecular weight is 435 g/mol. The molecule has 0 fully saturated rings. The predicted octanol–water partition coefficient (Wildman–Crippen LogP) is 7.51. The van der Waals surface area contributed by atoms with Gasteiger partial charge in [-0.2, -0.15) is 5.26 Å². The van der Waals surface area contributed by atoms with E-state index in [9.17, 15) is 4.79 Å². The van der Waals surface area contributed by atoms with Crippen molar-refractivity contribution in [2.75, 3.05) is 0 Å². The first kappa shape index (κ1) is 23.2. The van der Waals surface area contributed by atoms with E-state index in [-0.39, 0.29) is 5.41 Å². The number of ketones is 1. The van der Waals surface area contributed by atoms with Crippen LogP contribution in [0.3, 0.4) is 0 Å². The van der Waals surface area contributed by atoms with Gasteiger partial charge in [-0.3, -0.25) is 9.79 Å². The monoisotopic (exact) mass is 434 g/mol. The van der Waals surface area contributed by atoms with Crippen LogP contribution in [0.2, 0.25) is 5.02 Å². The van der Waals surface area contributed by atoms with Crippen LogP contribution in [0.25, 0.3) is 0 Å². The molecule has 3 nitrogen and oxygen atoms in total. The summed E-state index contributed by atoms with van der Waals surface area (Å²) in [6, 6.07) is 15.8. The molecule has 0 radical (unpaired) electrons. The van der Waals surface area contributed by atoms with Gasteiger partial charge in [-0.05, 0) is 85.8 Å². The minimum atomic E-state index is -0.259. The number of carbonyl (C=O) groups is 1. The van der Waals surface area contributed by atoms with E-state index >= 15 is 0 Å². The zero-order valence-electron chi connectivity index (χ0n) is 18.6. The molecule has 0 saturated carbocycles. The molecule has 0 aliphatic carbocycles. The second kappa shape index (κ2) is 10.7. The van der Waals surface area contributed by atoms with Gasteiger partial charge in [0.25, 0.3) is 0 Å². The maximum absolute atomic E-state index is 12.6. The Hall–Kier alpha value is -2.44. The summed E-state index contributed by atoms with van der Waals surface area (Å²) in [5, 5.41) is 9.86. The molecule has 2 aromatic rings. The molecule has 162 valence electrons. The van der Waals surface area contributed by atoms with Gasteiger partial charge in [0.1, 0.15) is 5.78 Å². The van der Waals surface area contributed by atoms with Crippen LogP contribution in [-0.2, 0) is 16.6 Å². The molecule has 1 heterocycles. The molecule has 1 aliphatic rings. The SMILES string of the molecule is CC(C)(CC(=O)CCCCC1=Nc2ccc(C#N)cc2CCCC1)c1ccccc1Cl. The van der Waals surface area contributed by atoms with Crippen molar-refractivity contribution in [3.8, 4) is 6.07 Å². The van der Waals surface area contributed by atoms with Crippen LogP contribution < -0.4 is 0 Å². The van der Waals surface area contributed by atoms with Crippen molar-refractivity contribution in [3.05, 3.63) is 64.2 Å². The standard InChI is InChI=1S/C27H31ClN2O/c1-27(2,24-13-7-8-14-25(24)28)18-23(31)12-6-5-11-22-10-4-3-9-21-17-20(19-29)15-16-26(21)30-22/h7-8,13-17H,3-6,9-12,18H2,1-2H3. The molecule has 1 aliphatic heterocycles. The van der Waals surface area contributed by atoms with Crippen molar-refractivity contribution in [2.24, 2.45) is 4.99 Å². The minimum Gasteiger partial charge on any atom is -0.300 e. The molecular weight excluding hydrogens is 404 g/mol. The number of fused-ring (bicyclic) bond motifs is 1. The van der Waals surface area contributed by atoms with Gasteiger partial charge < -0.3 is 0 Å². The van der Waals surface area contributed by atoms with Crippen LogP contribution in [0.1, 0.15) is 81.9 Å². The molecule has 0 bridgehead atoms. The second-order valence-corrected chi connectivity index (χ2v) is 9.53. The van der Waals surface area contributed by atoms with Crippen LogP contribution in [0.4, 0.5) is 5.69 Å². The normalized spacial score (nSPS) is 14.1. The summed E-state index contributed by atoms with van der Waals surface area (Å²) < 4.78 is 0. The highest BCUT2D eigenvalue weighted by atomic mass is 35.5. The molecule has 0 amide bonds. The Balaban J connectivity index is 1.52. The summed E-state index contributed by atoms with van der Waals surface area (Å²) in [5.74, 6) is 0.291. The third-order valence-corrected chi connectivity index (χ3v) is 6.39. The van der Waals surface area contributed by atoms with Gasteiger partial charge in [-0.15, -0.1) is 0 Å². The summed E-state index contributed by atoms with van der Waals surface area (Å²) >= 11 is 6.34. The topological polar surface area (TPSA) is 53.2 Å². The number of aliphatic imine (C=N–C) groups is 1. The van der Waals surface area contributed by atoms with Crippen molar-refractivity contribution in [2.45, 2.75) is 77.0 Å². The van der Waals surface area contributed by atoms with Crippen molar-refractivity contribution in [3.63, 3.8) is 0 Å². The number of carbonyl (C=O) groups excluding carboxylic acids is 1. The number of nitrogens with zero attached hydrogens (tertiary/aromatic N) is 2. The molecule has 3 rings (SSSR count). The Bertz CT molecular complexity index is 1000. The first-order chi connectivity index (χ1) is 14.9. The molecule has 0 N–H and O–H groups in total. The van der Waals surface area contributed by atoms with E-state index in [2.05, 4.69) is 19.9 Å². The summed E-state index contributed by atoms with van der Waals surface area (Å²) in [5.41, 5.74) is 4.88. The van der Waals surface area contributed by atoms with Gasteiger partial charge in [0, 0.05) is 23.6 Å². The number of hydrogen-bond acceptors (Lipinski definition) is 3. The average Bonchev–Trinajstić information content (AvgIpc) is 2.72.